The minimum absolute atomic E-state index is 0.184. The molecule has 4 aromatic rings. The third kappa shape index (κ3) is 4.08. The smallest absolute Gasteiger partial charge is 0.352 e. The number of nitrogens with one attached hydrogen (secondary N) is 2. The summed E-state index contributed by atoms with van der Waals surface area (Å²) in [4.78, 5) is 45.5. The van der Waals surface area contributed by atoms with Crippen LogP contribution in [0.2, 0.25) is 0 Å². The molecule has 0 radical (unpaired) electrons. The molecule has 0 saturated heterocycles. The van der Waals surface area contributed by atoms with Gasteiger partial charge in [0.05, 0.1) is 22.9 Å². The Bertz CT molecular complexity index is 1370. The first kappa shape index (κ1) is 19.5. The van der Waals surface area contributed by atoms with Crippen molar-refractivity contribution in [2.24, 2.45) is 0 Å². The van der Waals surface area contributed by atoms with Crippen LogP contribution in [0, 0.1) is 0 Å². The summed E-state index contributed by atoms with van der Waals surface area (Å²) in [6, 6.07) is 14.0. The molecule has 1 fully saturated rings. The van der Waals surface area contributed by atoms with Crippen LogP contribution < -0.4 is 16.3 Å². The number of carbonyl (C=O) groups excluding carboxylic acids is 2. The maximum Gasteiger partial charge on any atom is 0.368 e. The molecule has 0 unspecified atom stereocenters. The van der Waals surface area contributed by atoms with Crippen LogP contribution >= 0.6 is 0 Å². The fourth-order valence-electron chi connectivity index (χ4n) is 3.12. The Hall–Kier alpha value is -4.41. The lowest BCUT2D eigenvalue weighted by Gasteiger charge is -2.06. The number of rotatable bonds is 6. The molecule has 2 aromatic carbocycles. The first-order valence-electron chi connectivity index (χ1n) is 10.0. The van der Waals surface area contributed by atoms with Crippen molar-refractivity contribution in [3.63, 3.8) is 0 Å². The van der Waals surface area contributed by atoms with E-state index in [0.29, 0.717) is 22.4 Å². The molecule has 5 rings (SSSR count). The molecule has 11 nitrogen and oxygen atoms in total. The topological polar surface area (TPSA) is 137 Å². The van der Waals surface area contributed by atoms with E-state index in [1.54, 1.807) is 30.3 Å². The molecule has 0 atom stereocenters. The Balaban J connectivity index is 1.28. The lowest BCUT2D eigenvalue weighted by atomic mass is 10.2. The van der Waals surface area contributed by atoms with E-state index in [1.165, 1.54) is 6.20 Å². The first-order valence-corrected chi connectivity index (χ1v) is 10.0. The standard InChI is InChI=1S/C21H18N8O3/c30-19(23-13-5-6-13)12-28-21(32)29(27-26-28)15-9-7-14(8-10-15)24-20(31)18-11-22-16-3-1-2-4-17(16)25-18/h1-4,7-11,13H,5-6,12H2,(H,23,30)(H,24,31). The summed E-state index contributed by atoms with van der Waals surface area (Å²) in [7, 11) is 0. The molecule has 0 aliphatic heterocycles. The number of fused-ring (bicyclic) bond motifs is 1. The van der Waals surface area contributed by atoms with Crippen molar-refractivity contribution < 1.29 is 9.59 Å². The number of para-hydroxylation sites is 2. The van der Waals surface area contributed by atoms with Crippen molar-refractivity contribution >= 4 is 28.5 Å². The van der Waals surface area contributed by atoms with E-state index >= 15 is 0 Å². The highest BCUT2D eigenvalue weighted by atomic mass is 16.2. The van der Waals surface area contributed by atoms with Gasteiger partial charge in [-0.25, -0.2) is 9.78 Å². The molecule has 0 bridgehead atoms. The number of carbonyl (C=O) groups is 2. The summed E-state index contributed by atoms with van der Waals surface area (Å²) in [6.07, 6.45) is 3.34. The number of anilines is 1. The van der Waals surface area contributed by atoms with Gasteiger partial charge in [-0.05, 0) is 59.7 Å². The van der Waals surface area contributed by atoms with Gasteiger partial charge in [0.1, 0.15) is 12.2 Å². The Labute approximate surface area is 181 Å². The summed E-state index contributed by atoms with van der Waals surface area (Å²) in [5.41, 5.74) is 1.96. The summed E-state index contributed by atoms with van der Waals surface area (Å²) in [5, 5.41) is 13.1. The molecule has 11 heteroatoms. The van der Waals surface area contributed by atoms with Crippen molar-refractivity contribution in [1.29, 1.82) is 0 Å². The van der Waals surface area contributed by atoms with Crippen molar-refractivity contribution in [3.05, 3.63) is 70.9 Å². The quantitative estimate of drug-likeness (QED) is 0.464. The van der Waals surface area contributed by atoms with Gasteiger partial charge >= 0.3 is 5.69 Å². The summed E-state index contributed by atoms with van der Waals surface area (Å²) in [5.74, 6) is -0.669. The number of tetrazole rings is 1. The SMILES string of the molecule is O=C(Cn1nnn(-c2ccc(NC(=O)c3cnc4ccccc4n3)cc2)c1=O)NC1CC1. The molecule has 32 heavy (non-hydrogen) atoms. The predicted octanol–water partition coefficient (Wildman–Crippen LogP) is 0.903. The zero-order valence-corrected chi connectivity index (χ0v) is 16.8. The lowest BCUT2D eigenvalue weighted by molar-refractivity contribution is -0.122. The van der Waals surface area contributed by atoms with E-state index in [2.05, 4.69) is 31.0 Å². The fourth-order valence-corrected chi connectivity index (χ4v) is 3.12. The highest BCUT2D eigenvalue weighted by Gasteiger charge is 2.24. The molecular formula is C21H18N8O3. The second kappa shape index (κ2) is 8.02. The molecule has 2 amide bonds. The summed E-state index contributed by atoms with van der Waals surface area (Å²) >= 11 is 0. The van der Waals surface area contributed by atoms with Gasteiger partial charge in [0, 0.05) is 11.7 Å². The van der Waals surface area contributed by atoms with Gasteiger partial charge in [0.25, 0.3) is 5.91 Å². The molecule has 2 heterocycles. The van der Waals surface area contributed by atoms with E-state index in [1.807, 2.05) is 18.2 Å². The molecule has 1 aliphatic rings. The van der Waals surface area contributed by atoms with E-state index < -0.39 is 11.6 Å². The number of benzene rings is 2. The van der Waals surface area contributed by atoms with Crippen LogP contribution in [0.5, 0.6) is 0 Å². The van der Waals surface area contributed by atoms with Gasteiger partial charge in [-0.2, -0.15) is 9.36 Å². The Morgan fingerprint density at radius 2 is 1.75 bits per heavy atom. The van der Waals surface area contributed by atoms with Crippen molar-refractivity contribution in [1.82, 2.24) is 35.1 Å². The minimum atomic E-state index is -0.529. The molecule has 1 aliphatic carbocycles. The maximum absolute atomic E-state index is 12.5. The van der Waals surface area contributed by atoms with E-state index in [4.69, 9.17) is 0 Å². The fraction of sp³-hybridized carbons (Fsp3) is 0.190. The molecule has 1 saturated carbocycles. The maximum atomic E-state index is 12.5. The first-order chi connectivity index (χ1) is 15.6. The van der Waals surface area contributed by atoms with E-state index in [-0.39, 0.29) is 24.2 Å². The number of nitrogens with zero attached hydrogens (tertiary/aromatic N) is 6. The van der Waals surface area contributed by atoms with Gasteiger partial charge < -0.3 is 10.6 Å². The van der Waals surface area contributed by atoms with E-state index in [0.717, 1.165) is 22.2 Å². The predicted molar refractivity (Wildman–Crippen MR) is 114 cm³/mol. The normalized spacial score (nSPS) is 13.1. The highest BCUT2D eigenvalue weighted by molar-refractivity contribution is 6.03. The van der Waals surface area contributed by atoms with Crippen molar-refractivity contribution in [2.75, 3.05) is 5.32 Å². The molecule has 2 aromatic heterocycles. The van der Waals surface area contributed by atoms with Gasteiger partial charge in [-0.15, -0.1) is 0 Å². The molecular weight excluding hydrogens is 412 g/mol. The summed E-state index contributed by atoms with van der Waals surface area (Å²) in [6.45, 7) is -0.184. The number of aromatic nitrogens is 6. The number of amides is 2. The van der Waals surface area contributed by atoms with Crippen LogP contribution in [0.4, 0.5) is 5.69 Å². The van der Waals surface area contributed by atoms with Gasteiger partial charge in [0.15, 0.2) is 0 Å². The summed E-state index contributed by atoms with van der Waals surface area (Å²) < 4.78 is 2.09. The van der Waals surface area contributed by atoms with Gasteiger partial charge in [-0.3, -0.25) is 14.6 Å². The zero-order chi connectivity index (χ0) is 22.1. The minimum Gasteiger partial charge on any atom is -0.352 e. The largest absolute Gasteiger partial charge is 0.368 e. The number of hydrogen-bond donors (Lipinski definition) is 2. The van der Waals surface area contributed by atoms with Crippen LogP contribution in [0.15, 0.2) is 59.5 Å². The van der Waals surface area contributed by atoms with Crippen molar-refractivity contribution in [2.45, 2.75) is 25.4 Å². The average Bonchev–Trinajstić information content (AvgIpc) is 3.55. The van der Waals surface area contributed by atoms with Gasteiger partial charge in [-0.1, -0.05) is 12.1 Å². The van der Waals surface area contributed by atoms with E-state index in [9.17, 15) is 14.4 Å². The van der Waals surface area contributed by atoms with Crippen molar-refractivity contribution in [3.8, 4) is 5.69 Å². The second-order valence-corrected chi connectivity index (χ2v) is 7.42. The third-order valence-electron chi connectivity index (χ3n) is 4.93. The Morgan fingerprint density at radius 1 is 1.00 bits per heavy atom. The second-order valence-electron chi connectivity index (χ2n) is 7.42. The Morgan fingerprint density at radius 3 is 2.50 bits per heavy atom. The molecule has 0 spiro atoms. The van der Waals surface area contributed by atoms with Crippen LogP contribution in [-0.4, -0.2) is 47.6 Å². The number of hydrogen-bond acceptors (Lipinski definition) is 7. The molecule has 2 N–H and O–H groups in total. The van der Waals surface area contributed by atoms with Crippen LogP contribution in [0.1, 0.15) is 23.3 Å². The zero-order valence-electron chi connectivity index (χ0n) is 16.8. The molecule has 160 valence electrons. The monoisotopic (exact) mass is 430 g/mol. The van der Waals surface area contributed by atoms with Crippen LogP contribution in [-0.2, 0) is 11.3 Å². The average molecular weight is 430 g/mol. The van der Waals surface area contributed by atoms with Crippen LogP contribution in [0.25, 0.3) is 16.7 Å². The Kier molecular flexibility index (Phi) is 4.90. The van der Waals surface area contributed by atoms with Gasteiger partial charge in [0.2, 0.25) is 5.91 Å². The lowest BCUT2D eigenvalue weighted by Crippen LogP contribution is -2.34. The van der Waals surface area contributed by atoms with Crippen LogP contribution in [0.3, 0.4) is 0 Å². The highest BCUT2D eigenvalue weighted by Crippen LogP contribution is 2.18. The third-order valence-corrected chi connectivity index (χ3v) is 4.93.